The summed E-state index contributed by atoms with van der Waals surface area (Å²) in [7, 11) is 0. The number of aliphatic hydroxyl groups is 1. The van der Waals surface area contributed by atoms with Crippen molar-refractivity contribution in [1.82, 2.24) is 0 Å². The van der Waals surface area contributed by atoms with Crippen LogP contribution in [0, 0.1) is 6.92 Å². The highest BCUT2D eigenvalue weighted by Crippen LogP contribution is 2.33. The number of aryl methyl sites for hydroxylation is 1. The van der Waals surface area contributed by atoms with Crippen molar-refractivity contribution in [3.8, 4) is 5.75 Å². The molecule has 0 heterocycles. The molecule has 4 heteroatoms. The Bertz CT molecular complexity index is 315. The topological polar surface area (TPSA) is 66.5 Å². The smallest absolute Gasteiger partial charge is 0.135 e. The lowest BCUT2D eigenvalue weighted by Crippen LogP contribution is -2.13. The maximum absolute atomic E-state index is 9.62. The van der Waals surface area contributed by atoms with Crippen LogP contribution in [0.4, 0.5) is 0 Å². The molecule has 1 atom stereocenters. The summed E-state index contributed by atoms with van der Waals surface area (Å²) in [6, 6.07) is 3.55. The lowest BCUT2D eigenvalue weighted by molar-refractivity contribution is 0.181. The molecule has 0 aromatic heterocycles. The summed E-state index contributed by atoms with van der Waals surface area (Å²) >= 11 is 3.18. The van der Waals surface area contributed by atoms with Crippen molar-refractivity contribution in [3.63, 3.8) is 0 Å². The Morgan fingerprint density at radius 2 is 2.15 bits per heavy atom. The number of nitrogens with two attached hydrogens (primary N) is 1. The molecule has 0 saturated heterocycles. The van der Waals surface area contributed by atoms with Gasteiger partial charge < -0.3 is 15.9 Å². The Morgan fingerprint density at radius 1 is 1.54 bits per heavy atom. The zero-order valence-electron chi connectivity index (χ0n) is 7.29. The maximum atomic E-state index is 9.62. The minimum absolute atomic E-state index is 0.0675. The van der Waals surface area contributed by atoms with Gasteiger partial charge in [0.05, 0.1) is 10.6 Å². The zero-order chi connectivity index (χ0) is 10.0. The van der Waals surface area contributed by atoms with E-state index in [1.807, 2.05) is 13.0 Å². The van der Waals surface area contributed by atoms with Crippen LogP contribution in [0.25, 0.3) is 0 Å². The van der Waals surface area contributed by atoms with Gasteiger partial charge in [-0.15, -0.1) is 0 Å². The van der Waals surface area contributed by atoms with Gasteiger partial charge >= 0.3 is 0 Å². The van der Waals surface area contributed by atoms with E-state index in [1.165, 1.54) is 0 Å². The van der Waals surface area contributed by atoms with Gasteiger partial charge in [-0.1, -0.05) is 6.07 Å². The number of phenolic OH excluding ortho intramolecular Hbond substituents is 1. The van der Waals surface area contributed by atoms with Crippen LogP contribution < -0.4 is 5.73 Å². The van der Waals surface area contributed by atoms with Gasteiger partial charge in [0.2, 0.25) is 0 Å². The fraction of sp³-hybridized carbons (Fsp3) is 0.333. The normalized spacial score (nSPS) is 12.9. The van der Waals surface area contributed by atoms with Gasteiger partial charge in [0.1, 0.15) is 5.75 Å². The van der Waals surface area contributed by atoms with Crippen molar-refractivity contribution >= 4 is 15.9 Å². The number of benzene rings is 1. The second-order valence-corrected chi connectivity index (χ2v) is 3.73. The standard InChI is InChI=1S/C9H12BrNO2/c1-5-2-3-6(10)9(13)8(5)7(12)4-11/h2-3,7,12-13H,4,11H2,1H3. The van der Waals surface area contributed by atoms with Crippen molar-refractivity contribution in [1.29, 1.82) is 0 Å². The molecule has 1 unspecified atom stereocenters. The molecule has 3 nitrogen and oxygen atoms in total. The Hall–Kier alpha value is -0.580. The van der Waals surface area contributed by atoms with Crippen LogP contribution in [-0.4, -0.2) is 16.8 Å². The van der Waals surface area contributed by atoms with Crippen LogP contribution in [0.5, 0.6) is 5.75 Å². The molecule has 0 amide bonds. The summed E-state index contributed by atoms with van der Waals surface area (Å²) in [4.78, 5) is 0. The van der Waals surface area contributed by atoms with Gasteiger partial charge in [0.15, 0.2) is 0 Å². The quantitative estimate of drug-likeness (QED) is 0.739. The van der Waals surface area contributed by atoms with Crippen molar-refractivity contribution in [2.75, 3.05) is 6.54 Å². The third kappa shape index (κ3) is 2.02. The summed E-state index contributed by atoms with van der Waals surface area (Å²) in [6.45, 7) is 1.92. The molecular weight excluding hydrogens is 234 g/mol. The first-order valence-electron chi connectivity index (χ1n) is 3.94. The molecule has 0 aliphatic rings. The fourth-order valence-electron chi connectivity index (χ4n) is 1.22. The fourth-order valence-corrected chi connectivity index (χ4v) is 1.57. The number of hydrogen-bond acceptors (Lipinski definition) is 3. The SMILES string of the molecule is Cc1ccc(Br)c(O)c1C(O)CN. The number of aliphatic hydroxyl groups excluding tert-OH is 1. The van der Waals surface area contributed by atoms with Gasteiger partial charge in [-0.25, -0.2) is 0 Å². The Labute approximate surface area is 85.3 Å². The molecule has 0 saturated carbocycles. The van der Waals surface area contributed by atoms with E-state index in [-0.39, 0.29) is 12.3 Å². The second-order valence-electron chi connectivity index (χ2n) is 2.88. The molecule has 13 heavy (non-hydrogen) atoms. The third-order valence-corrected chi connectivity index (χ3v) is 2.58. The Morgan fingerprint density at radius 3 is 2.69 bits per heavy atom. The maximum Gasteiger partial charge on any atom is 0.135 e. The number of aromatic hydroxyl groups is 1. The summed E-state index contributed by atoms with van der Waals surface area (Å²) in [6.07, 6.45) is -0.808. The second kappa shape index (κ2) is 4.09. The summed E-state index contributed by atoms with van der Waals surface area (Å²) in [5.41, 5.74) is 6.64. The minimum Gasteiger partial charge on any atom is -0.506 e. The average molecular weight is 246 g/mol. The van der Waals surface area contributed by atoms with Crippen LogP contribution in [-0.2, 0) is 0 Å². The molecular formula is C9H12BrNO2. The monoisotopic (exact) mass is 245 g/mol. The van der Waals surface area contributed by atoms with Gasteiger partial charge in [-0.3, -0.25) is 0 Å². The van der Waals surface area contributed by atoms with Crippen molar-refractivity contribution in [2.45, 2.75) is 13.0 Å². The van der Waals surface area contributed by atoms with E-state index >= 15 is 0 Å². The predicted octanol–water partition coefficient (Wildman–Crippen LogP) is 1.46. The van der Waals surface area contributed by atoms with Gasteiger partial charge in [0.25, 0.3) is 0 Å². The molecule has 0 fully saturated rings. The number of phenols is 1. The molecule has 1 aromatic carbocycles. The van der Waals surface area contributed by atoms with Crippen LogP contribution in [0.1, 0.15) is 17.2 Å². The van der Waals surface area contributed by atoms with E-state index in [4.69, 9.17) is 5.73 Å². The lowest BCUT2D eigenvalue weighted by Gasteiger charge is -2.14. The third-order valence-electron chi connectivity index (χ3n) is 1.94. The Balaban J connectivity index is 3.25. The van der Waals surface area contributed by atoms with Crippen molar-refractivity contribution < 1.29 is 10.2 Å². The largest absolute Gasteiger partial charge is 0.506 e. The molecule has 0 spiro atoms. The molecule has 0 radical (unpaired) electrons. The van der Waals surface area contributed by atoms with E-state index in [1.54, 1.807) is 6.07 Å². The highest BCUT2D eigenvalue weighted by Gasteiger charge is 2.15. The van der Waals surface area contributed by atoms with Crippen molar-refractivity contribution in [2.24, 2.45) is 5.73 Å². The highest BCUT2D eigenvalue weighted by atomic mass is 79.9. The summed E-state index contributed by atoms with van der Waals surface area (Å²) in [5, 5.41) is 19.1. The van der Waals surface area contributed by atoms with Crippen LogP contribution in [0.15, 0.2) is 16.6 Å². The summed E-state index contributed by atoms with van der Waals surface area (Å²) < 4.78 is 0.570. The first kappa shape index (κ1) is 10.5. The molecule has 1 rings (SSSR count). The van der Waals surface area contributed by atoms with Crippen molar-refractivity contribution in [3.05, 3.63) is 27.7 Å². The van der Waals surface area contributed by atoms with Crippen LogP contribution in [0.3, 0.4) is 0 Å². The molecule has 0 bridgehead atoms. The van der Waals surface area contributed by atoms with E-state index in [0.29, 0.717) is 10.0 Å². The number of hydrogen-bond donors (Lipinski definition) is 3. The Kier molecular flexibility index (Phi) is 3.30. The molecule has 1 aromatic rings. The van der Waals surface area contributed by atoms with E-state index in [0.717, 1.165) is 5.56 Å². The van der Waals surface area contributed by atoms with Crippen LogP contribution in [0.2, 0.25) is 0 Å². The molecule has 0 aliphatic carbocycles. The first-order valence-corrected chi connectivity index (χ1v) is 4.73. The number of halogens is 1. The number of rotatable bonds is 2. The average Bonchev–Trinajstić information content (AvgIpc) is 2.12. The van der Waals surface area contributed by atoms with Gasteiger partial charge in [-0.2, -0.15) is 0 Å². The van der Waals surface area contributed by atoms with E-state index in [9.17, 15) is 10.2 Å². The van der Waals surface area contributed by atoms with Gasteiger partial charge in [0, 0.05) is 12.1 Å². The highest BCUT2D eigenvalue weighted by molar-refractivity contribution is 9.10. The molecule has 72 valence electrons. The van der Waals surface area contributed by atoms with E-state index in [2.05, 4.69) is 15.9 Å². The zero-order valence-corrected chi connectivity index (χ0v) is 8.87. The van der Waals surface area contributed by atoms with E-state index < -0.39 is 6.10 Å². The predicted molar refractivity (Wildman–Crippen MR) is 54.6 cm³/mol. The molecule has 0 aliphatic heterocycles. The first-order chi connectivity index (χ1) is 6.07. The molecule has 4 N–H and O–H groups in total. The minimum atomic E-state index is -0.808. The lowest BCUT2D eigenvalue weighted by atomic mass is 10.0. The van der Waals surface area contributed by atoms with Gasteiger partial charge in [-0.05, 0) is 34.5 Å². The summed E-state index contributed by atoms with van der Waals surface area (Å²) in [5.74, 6) is 0.0675. The van der Waals surface area contributed by atoms with Crippen LogP contribution >= 0.6 is 15.9 Å².